The highest BCUT2D eigenvalue weighted by molar-refractivity contribution is 5.59. The lowest BCUT2D eigenvalue weighted by Crippen LogP contribution is -2.51. The molecule has 1 fully saturated rings. The third-order valence-corrected chi connectivity index (χ3v) is 4.32. The highest BCUT2D eigenvalue weighted by Crippen LogP contribution is 2.19. The van der Waals surface area contributed by atoms with Crippen molar-refractivity contribution in [2.75, 3.05) is 37.6 Å². The summed E-state index contributed by atoms with van der Waals surface area (Å²) in [4.78, 5) is 4.73. The van der Waals surface area contributed by atoms with Crippen molar-refractivity contribution in [2.24, 2.45) is 5.73 Å². The minimum atomic E-state index is 0.452. The van der Waals surface area contributed by atoms with Crippen LogP contribution in [0.4, 0.5) is 5.82 Å². The number of benzene rings is 1. The lowest BCUT2D eigenvalue weighted by molar-refractivity contribution is 0.201. The molecule has 22 heavy (non-hydrogen) atoms. The predicted molar refractivity (Wildman–Crippen MR) is 89.8 cm³/mol. The van der Waals surface area contributed by atoms with Crippen LogP contribution in [0.15, 0.2) is 42.5 Å². The lowest BCUT2D eigenvalue weighted by atomic mass is 10.1. The van der Waals surface area contributed by atoms with Crippen molar-refractivity contribution in [3.05, 3.63) is 42.5 Å². The molecule has 1 saturated heterocycles. The molecule has 1 unspecified atom stereocenters. The standard InChI is InChI=1S/C17H23N5/c1-14(13-18)21-9-11-22(12-10-21)17-8-7-16(19-20-17)15-5-3-2-4-6-15/h2-8,14H,9-13,18H2,1H3. The second kappa shape index (κ2) is 6.85. The van der Waals surface area contributed by atoms with Crippen molar-refractivity contribution in [3.8, 4) is 11.3 Å². The monoisotopic (exact) mass is 297 g/mol. The number of piperazine rings is 1. The Morgan fingerprint density at radius 2 is 1.73 bits per heavy atom. The molecule has 0 saturated carbocycles. The molecule has 0 spiro atoms. The van der Waals surface area contributed by atoms with E-state index in [2.05, 4.69) is 45.1 Å². The van der Waals surface area contributed by atoms with Gasteiger partial charge in [0.25, 0.3) is 0 Å². The summed E-state index contributed by atoms with van der Waals surface area (Å²) in [5, 5.41) is 8.77. The molecule has 0 amide bonds. The summed E-state index contributed by atoms with van der Waals surface area (Å²) in [5.74, 6) is 0.958. The van der Waals surface area contributed by atoms with Gasteiger partial charge >= 0.3 is 0 Å². The molecule has 2 aromatic rings. The van der Waals surface area contributed by atoms with Crippen LogP contribution >= 0.6 is 0 Å². The topological polar surface area (TPSA) is 58.3 Å². The van der Waals surface area contributed by atoms with E-state index in [1.807, 2.05) is 24.3 Å². The van der Waals surface area contributed by atoms with Crippen molar-refractivity contribution < 1.29 is 0 Å². The predicted octanol–water partition coefficient (Wildman–Crippen LogP) is 1.61. The zero-order valence-corrected chi connectivity index (χ0v) is 13.0. The first-order valence-corrected chi connectivity index (χ1v) is 7.86. The van der Waals surface area contributed by atoms with Gasteiger partial charge in [-0.1, -0.05) is 30.3 Å². The third-order valence-electron chi connectivity index (χ3n) is 4.32. The van der Waals surface area contributed by atoms with Crippen LogP contribution in [-0.4, -0.2) is 53.9 Å². The highest BCUT2D eigenvalue weighted by atomic mass is 15.3. The van der Waals surface area contributed by atoms with Crippen LogP contribution in [0.2, 0.25) is 0 Å². The molecule has 1 aromatic heterocycles. The Labute approximate surface area is 131 Å². The Morgan fingerprint density at radius 1 is 1.00 bits per heavy atom. The summed E-state index contributed by atoms with van der Waals surface area (Å²) in [5.41, 5.74) is 7.76. The molecule has 2 heterocycles. The number of hydrogen-bond donors (Lipinski definition) is 1. The van der Waals surface area contributed by atoms with E-state index in [9.17, 15) is 0 Å². The fourth-order valence-electron chi connectivity index (χ4n) is 2.80. The second-order valence-corrected chi connectivity index (χ2v) is 5.75. The Bertz CT molecular complexity index is 576. The van der Waals surface area contributed by atoms with Crippen molar-refractivity contribution >= 4 is 5.82 Å². The quantitative estimate of drug-likeness (QED) is 0.929. The van der Waals surface area contributed by atoms with Crippen molar-refractivity contribution in [2.45, 2.75) is 13.0 Å². The van der Waals surface area contributed by atoms with E-state index in [1.165, 1.54) is 0 Å². The van der Waals surface area contributed by atoms with E-state index in [4.69, 9.17) is 5.73 Å². The van der Waals surface area contributed by atoms with Gasteiger partial charge in [0.1, 0.15) is 0 Å². The summed E-state index contributed by atoms with van der Waals surface area (Å²) >= 11 is 0. The molecule has 3 rings (SSSR count). The zero-order valence-electron chi connectivity index (χ0n) is 13.0. The molecular weight excluding hydrogens is 274 g/mol. The van der Waals surface area contributed by atoms with E-state index in [0.29, 0.717) is 12.6 Å². The Morgan fingerprint density at radius 3 is 2.32 bits per heavy atom. The first kappa shape index (κ1) is 14.9. The average Bonchev–Trinajstić information content (AvgIpc) is 2.62. The first-order chi connectivity index (χ1) is 10.8. The maximum Gasteiger partial charge on any atom is 0.151 e. The van der Waals surface area contributed by atoms with Gasteiger partial charge in [0.05, 0.1) is 5.69 Å². The summed E-state index contributed by atoms with van der Waals surface area (Å²) in [6.45, 7) is 6.91. The summed E-state index contributed by atoms with van der Waals surface area (Å²) in [6, 6.07) is 14.7. The molecule has 1 atom stereocenters. The molecule has 0 radical (unpaired) electrons. The normalized spacial score (nSPS) is 17.5. The molecule has 116 valence electrons. The Hall–Kier alpha value is -1.98. The first-order valence-electron chi connectivity index (χ1n) is 7.86. The van der Waals surface area contributed by atoms with Crippen LogP contribution in [0.25, 0.3) is 11.3 Å². The van der Waals surface area contributed by atoms with Crippen LogP contribution in [0.5, 0.6) is 0 Å². The van der Waals surface area contributed by atoms with Crippen LogP contribution < -0.4 is 10.6 Å². The summed E-state index contributed by atoms with van der Waals surface area (Å²) < 4.78 is 0. The fourth-order valence-corrected chi connectivity index (χ4v) is 2.80. The van der Waals surface area contributed by atoms with Crippen LogP contribution in [0, 0.1) is 0 Å². The van der Waals surface area contributed by atoms with E-state index in [1.54, 1.807) is 0 Å². The minimum absolute atomic E-state index is 0.452. The molecule has 2 N–H and O–H groups in total. The summed E-state index contributed by atoms with van der Waals surface area (Å²) in [6.07, 6.45) is 0. The second-order valence-electron chi connectivity index (χ2n) is 5.75. The Balaban J connectivity index is 1.65. The molecule has 1 aromatic carbocycles. The van der Waals surface area contributed by atoms with Gasteiger partial charge in [-0.15, -0.1) is 10.2 Å². The molecule has 5 heteroatoms. The average molecular weight is 297 g/mol. The number of aromatic nitrogens is 2. The van der Waals surface area contributed by atoms with Gasteiger partial charge in [-0.2, -0.15) is 0 Å². The van der Waals surface area contributed by atoms with E-state index < -0.39 is 0 Å². The van der Waals surface area contributed by atoms with Crippen molar-refractivity contribution in [1.29, 1.82) is 0 Å². The number of rotatable bonds is 4. The third kappa shape index (κ3) is 3.26. The molecule has 0 bridgehead atoms. The number of nitrogens with zero attached hydrogens (tertiary/aromatic N) is 4. The number of hydrogen-bond acceptors (Lipinski definition) is 5. The van der Waals surface area contributed by atoms with Gasteiger partial charge in [-0.3, -0.25) is 4.90 Å². The zero-order chi connectivity index (χ0) is 15.4. The van der Waals surface area contributed by atoms with Crippen LogP contribution in [0.3, 0.4) is 0 Å². The SMILES string of the molecule is CC(CN)N1CCN(c2ccc(-c3ccccc3)nn2)CC1. The van der Waals surface area contributed by atoms with Gasteiger partial charge in [-0.25, -0.2) is 0 Å². The maximum atomic E-state index is 5.74. The highest BCUT2D eigenvalue weighted by Gasteiger charge is 2.21. The molecule has 5 nitrogen and oxygen atoms in total. The summed E-state index contributed by atoms with van der Waals surface area (Å²) in [7, 11) is 0. The number of anilines is 1. The molecule has 1 aliphatic rings. The van der Waals surface area contributed by atoms with Crippen LogP contribution in [0.1, 0.15) is 6.92 Å². The van der Waals surface area contributed by atoms with E-state index >= 15 is 0 Å². The maximum absolute atomic E-state index is 5.74. The largest absolute Gasteiger partial charge is 0.353 e. The van der Waals surface area contributed by atoms with E-state index in [-0.39, 0.29) is 0 Å². The Kier molecular flexibility index (Phi) is 4.65. The molecular formula is C17H23N5. The van der Waals surface area contributed by atoms with Crippen LogP contribution in [-0.2, 0) is 0 Å². The lowest BCUT2D eigenvalue weighted by Gasteiger charge is -2.38. The van der Waals surface area contributed by atoms with Gasteiger partial charge in [0.15, 0.2) is 5.82 Å². The van der Waals surface area contributed by atoms with Crippen molar-refractivity contribution in [3.63, 3.8) is 0 Å². The van der Waals surface area contributed by atoms with Gasteiger partial charge < -0.3 is 10.6 Å². The minimum Gasteiger partial charge on any atom is -0.353 e. The van der Waals surface area contributed by atoms with Gasteiger partial charge in [0, 0.05) is 44.3 Å². The van der Waals surface area contributed by atoms with Gasteiger partial charge in [0.2, 0.25) is 0 Å². The smallest absolute Gasteiger partial charge is 0.151 e. The number of nitrogens with two attached hydrogens (primary N) is 1. The van der Waals surface area contributed by atoms with E-state index in [0.717, 1.165) is 43.3 Å². The molecule has 1 aliphatic heterocycles. The fraction of sp³-hybridized carbons (Fsp3) is 0.412. The molecule has 0 aliphatic carbocycles. The van der Waals surface area contributed by atoms with Crippen molar-refractivity contribution in [1.82, 2.24) is 15.1 Å². The van der Waals surface area contributed by atoms with Gasteiger partial charge in [-0.05, 0) is 19.1 Å².